The van der Waals surface area contributed by atoms with E-state index < -0.39 is 16.9 Å². The summed E-state index contributed by atoms with van der Waals surface area (Å²) in [6.07, 6.45) is 0. The molecule has 4 rings (SSSR count). The van der Waals surface area contributed by atoms with Crippen LogP contribution in [0.4, 0.5) is 16.2 Å². The molecule has 0 aliphatic heterocycles. The molecule has 3 N–H and O–H groups in total. The number of carbonyl (C=O) groups excluding carboxylic acids is 2. The van der Waals surface area contributed by atoms with Gasteiger partial charge in [-0.15, -0.1) is 0 Å². The zero-order valence-corrected chi connectivity index (χ0v) is 16.6. The first-order valence-corrected chi connectivity index (χ1v) is 9.58. The molecule has 158 valence electrons. The number of para-hydroxylation sites is 1. The minimum atomic E-state index is -0.700. The lowest BCUT2D eigenvalue weighted by Gasteiger charge is -2.12. The van der Waals surface area contributed by atoms with Gasteiger partial charge in [0.25, 0.3) is 11.6 Å². The van der Waals surface area contributed by atoms with Crippen molar-refractivity contribution in [3.05, 3.63) is 101 Å². The number of benzene rings is 3. The van der Waals surface area contributed by atoms with Gasteiger partial charge in [0.1, 0.15) is 0 Å². The van der Waals surface area contributed by atoms with Crippen LogP contribution in [-0.2, 0) is 0 Å². The average molecular weight is 427 g/mol. The van der Waals surface area contributed by atoms with E-state index in [4.69, 9.17) is 0 Å². The fourth-order valence-electron chi connectivity index (χ4n) is 3.13. The van der Waals surface area contributed by atoms with Gasteiger partial charge < -0.3 is 5.32 Å². The molecular weight excluding hydrogens is 410 g/mol. The van der Waals surface area contributed by atoms with Crippen LogP contribution in [0.1, 0.15) is 10.4 Å². The van der Waals surface area contributed by atoms with Crippen LogP contribution in [0, 0.1) is 10.1 Å². The van der Waals surface area contributed by atoms with E-state index in [1.54, 1.807) is 18.2 Å². The first-order chi connectivity index (χ1) is 15.5. The van der Waals surface area contributed by atoms with Crippen LogP contribution in [0.15, 0.2) is 84.9 Å². The third-order valence-electron chi connectivity index (χ3n) is 4.66. The number of non-ortho nitro benzene ring substituents is 1. The first-order valence-electron chi connectivity index (χ1n) is 9.58. The number of hydrogen-bond acceptors (Lipinski definition) is 5. The van der Waals surface area contributed by atoms with E-state index in [1.807, 2.05) is 42.5 Å². The van der Waals surface area contributed by atoms with Crippen LogP contribution in [0.3, 0.4) is 0 Å². The molecule has 0 atom stereocenters. The Balaban J connectivity index is 1.51. The number of fused-ring (bicyclic) bond motifs is 1. The van der Waals surface area contributed by atoms with E-state index in [1.165, 1.54) is 24.3 Å². The standard InChI is InChI=1S/C23H17N5O4/c29-22(26-27-23(30)24-16-10-12-17(13-11-16)28(31)32)19-14-21(15-6-2-1-3-7-15)25-20-9-5-4-8-18(19)20/h1-14H,(H,26,29)(H2,24,27,30). The average Bonchev–Trinajstić information content (AvgIpc) is 2.82. The number of carbonyl (C=O) groups is 2. The zero-order chi connectivity index (χ0) is 22.5. The second-order valence-electron chi connectivity index (χ2n) is 6.78. The van der Waals surface area contributed by atoms with Crippen molar-refractivity contribution in [2.45, 2.75) is 0 Å². The van der Waals surface area contributed by atoms with Crippen molar-refractivity contribution in [2.75, 3.05) is 5.32 Å². The molecule has 0 saturated carbocycles. The largest absolute Gasteiger partial charge is 0.337 e. The summed E-state index contributed by atoms with van der Waals surface area (Å²) in [6.45, 7) is 0. The highest BCUT2D eigenvalue weighted by Crippen LogP contribution is 2.24. The maximum Gasteiger partial charge on any atom is 0.337 e. The molecule has 9 heteroatoms. The molecule has 3 aromatic carbocycles. The van der Waals surface area contributed by atoms with Crippen molar-refractivity contribution in [3.8, 4) is 11.3 Å². The molecule has 1 heterocycles. The molecule has 4 aromatic rings. The lowest BCUT2D eigenvalue weighted by atomic mass is 10.0. The molecule has 0 fully saturated rings. The molecular formula is C23H17N5O4. The highest BCUT2D eigenvalue weighted by atomic mass is 16.6. The first kappa shape index (κ1) is 20.5. The SMILES string of the molecule is O=C(NNC(=O)c1cc(-c2ccccc2)nc2ccccc12)Nc1ccc([N+](=O)[O-])cc1. The number of nitro benzene ring substituents is 1. The molecule has 9 nitrogen and oxygen atoms in total. The van der Waals surface area contributed by atoms with Crippen LogP contribution in [0.5, 0.6) is 0 Å². The molecule has 0 aliphatic rings. The summed E-state index contributed by atoms with van der Waals surface area (Å²) < 4.78 is 0. The van der Waals surface area contributed by atoms with E-state index in [-0.39, 0.29) is 5.69 Å². The van der Waals surface area contributed by atoms with Crippen molar-refractivity contribution in [2.24, 2.45) is 0 Å². The van der Waals surface area contributed by atoms with Crippen LogP contribution < -0.4 is 16.2 Å². The Hall–Kier alpha value is -4.79. The number of nitrogens with one attached hydrogen (secondary N) is 3. The minimum Gasteiger partial charge on any atom is -0.307 e. The second-order valence-corrected chi connectivity index (χ2v) is 6.78. The van der Waals surface area contributed by atoms with Crippen LogP contribution in [0.25, 0.3) is 22.2 Å². The fraction of sp³-hybridized carbons (Fsp3) is 0. The predicted molar refractivity (Wildman–Crippen MR) is 120 cm³/mol. The smallest absolute Gasteiger partial charge is 0.307 e. The third-order valence-corrected chi connectivity index (χ3v) is 4.66. The van der Waals surface area contributed by atoms with Gasteiger partial charge in [-0.25, -0.2) is 15.2 Å². The van der Waals surface area contributed by atoms with Crippen molar-refractivity contribution < 1.29 is 14.5 Å². The Bertz CT molecular complexity index is 1310. The van der Waals surface area contributed by atoms with Crippen molar-refractivity contribution in [1.29, 1.82) is 0 Å². The number of aromatic nitrogens is 1. The highest BCUT2D eigenvalue weighted by molar-refractivity contribution is 6.07. The van der Waals surface area contributed by atoms with Crippen molar-refractivity contribution in [3.63, 3.8) is 0 Å². The topological polar surface area (TPSA) is 126 Å². The molecule has 0 aliphatic carbocycles. The van der Waals surface area contributed by atoms with E-state index in [2.05, 4.69) is 21.2 Å². The fourth-order valence-corrected chi connectivity index (χ4v) is 3.13. The molecule has 0 saturated heterocycles. The molecule has 0 radical (unpaired) electrons. The Labute approximate surface area is 182 Å². The van der Waals surface area contributed by atoms with Crippen LogP contribution in [-0.4, -0.2) is 21.8 Å². The van der Waals surface area contributed by atoms with Gasteiger partial charge >= 0.3 is 6.03 Å². The minimum absolute atomic E-state index is 0.0944. The number of urea groups is 1. The van der Waals surface area contributed by atoms with Gasteiger partial charge in [-0.1, -0.05) is 48.5 Å². The second kappa shape index (κ2) is 8.92. The third kappa shape index (κ3) is 4.51. The number of pyridine rings is 1. The van der Waals surface area contributed by atoms with Crippen LogP contribution >= 0.6 is 0 Å². The molecule has 0 unspecified atom stereocenters. The number of nitro groups is 1. The van der Waals surface area contributed by atoms with E-state index in [9.17, 15) is 19.7 Å². The summed E-state index contributed by atoms with van der Waals surface area (Å²) in [5.74, 6) is -0.514. The maximum atomic E-state index is 12.9. The Morgan fingerprint density at radius 1 is 0.844 bits per heavy atom. The van der Waals surface area contributed by atoms with E-state index in [0.29, 0.717) is 27.8 Å². The summed E-state index contributed by atoms with van der Waals surface area (Å²) >= 11 is 0. The lowest BCUT2D eigenvalue weighted by Crippen LogP contribution is -2.44. The highest BCUT2D eigenvalue weighted by Gasteiger charge is 2.15. The number of hydrazine groups is 1. The van der Waals surface area contributed by atoms with E-state index in [0.717, 1.165) is 5.56 Å². The van der Waals surface area contributed by atoms with Gasteiger partial charge in [-0.05, 0) is 24.3 Å². The van der Waals surface area contributed by atoms with Gasteiger partial charge in [0, 0.05) is 28.8 Å². The monoisotopic (exact) mass is 427 g/mol. The number of hydrogen-bond donors (Lipinski definition) is 3. The quantitative estimate of drug-likeness (QED) is 0.331. The van der Waals surface area contributed by atoms with E-state index >= 15 is 0 Å². The summed E-state index contributed by atoms with van der Waals surface area (Å²) in [6, 6.07) is 23.0. The van der Waals surface area contributed by atoms with Gasteiger partial charge in [-0.2, -0.15) is 0 Å². The number of nitrogens with zero attached hydrogens (tertiary/aromatic N) is 2. The molecule has 32 heavy (non-hydrogen) atoms. The summed E-state index contributed by atoms with van der Waals surface area (Å²) in [7, 11) is 0. The number of anilines is 1. The summed E-state index contributed by atoms with van der Waals surface area (Å²) in [5, 5.41) is 13.8. The van der Waals surface area contributed by atoms with Gasteiger partial charge in [0.2, 0.25) is 0 Å². The normalized spacial score (nSPS) is 10.4. The summed E-state index contributed by atoms with van der Waals surface area (Å²) in [5.41, 5.74) is 7.40. The van der Waals surface area contributed by atoms with Crippen molar-refractivity contribution >= 4 is 34.2 Å². The van der Waals surface area contributed by atoms with Gasteiger partial charge in [0.15, 0.2) is 0 Å². The predicted octanol–water partition coefficient (Wildman–Crippen LogP) is 4.28. The van der Waals surface area contributed by atoms with Crippen LogP contribution in [0.2, 0.25) is 0 Å². The Morgan fingerprint density at radius 3 is 2.25 bits per heavy atom. The molecule has 0 bridgehead atoms. The Kier molecular flexibility index (Phi) is 5.71. The number of amides is 3. The zero-order valence-electron chi connectivity index (χ0n) is 16.6. The maximum absolute atomic E-state index is 12.9. The van der Waals surface area contributed by atoms with Crippen molar-refractivity contribution in [1.82, 2.24) is 15.8 Å². The van der Waals surface area contributed by atoms with Gasteiger partial charge in [0.05, 0.1) is 21.7 Å². The lowest BCUT2D eigenvalue weighted by molar-refractivity contribution is -0.384. The molecule has 1 aromatic heterocycles. The number of rotatable bonds is 4. The molecule has 0 spiro atoms. The summed E-state index contributed by atoms with van der Waals surface area (Å²) in [4.78, 5) is 39.8. The molecule has 3 amide bonds. The Morgan fingerprint density at radius 2 is 1.53 bits per heavy atom. The van der Waals surface area contributed by atoms with Gasteiger partial charge in [-0.3, -0.25) is 20.3 Å².